The van der Waals surface area contributed by atoms with Crippen LogP contribution in [0.25, 0.3) is 6.08 Å². The van der Waals surface area contributed by atoms with Crippen molar-refractivity contribution in [2.24, 2.45) is 0 Å². The quantitative estimate of drug-likeness (QED) is 0.215. The summed E-state index contributed by atoms with van der Waals surface area (Å²) in [5, 5.41) is 0. The van der Waals surface area contributed by atoms with E-state index in [1.54, 1.807) is 31.2 Å². The molecule has 0 spiro atoms. The summed E-state index contributed by atoms with van der Waals surface area (Å²) in [6.07, 6.45) is 1.39. The first-order valence-corrected chi connectivity index (χ1v) is 10.5. The number of ketones is 1. The van der Waals surface area contributed by atoms with Gasteiger partial charge in [0, 0.05) is 19.6 Å². The molecule has 2 aromatic rings. The van der Waals surface area contributed by atoms with Crippen LogP contribution in [0.3, 0.4) is 0 Å². The number of nitrogens with zero attached hydrogens (tertiary/aromatic N) is 1. The molecule has 32 heavy (non-hydrogen) atoms. The predicted molar refractivity (Wildman–Crippen MR) is 114 cm³/mol. The van der Waals surface area contributed by atoms with Gasteiger partial charge in [0.05, 0.1) is 25.4 Å². The lowest BCUT2D eigenvalue weighted by molar-refractivity contribution is -0.137. The molecule has 2 aromatic carbocycles. The maximum Gasteiger partial charge on any atom is 0.342 e. The van der Waals surface area contributed by atoms with E-state index in [0.717, 1.165) is 18.7 Å². The molecule has 4 rings (SSSR count). The molecule has 2 aliphatic rings. The lowest BCUT2D eigenvalue weighted by Gasteiger charge is -2.26. The van der Waals surface area contributed by atoms with E-state index in [2.05, 4.69) is 4.90 Å². The Morgan fingerprint density at radius 3 is 2.66 bits per heavy atom. The van der Waals surface area contributed by atoms with E-state index >= 15 is 0 Å². The molecule has 0 bridgehead atoms. The summed E-state index contributed by atoms with van der Waals surface area (Å²) >= 11 is 0. The molecule has 0 saturated carbocycles. The van der Waals surface area contributed by atoms with Crippen molar-refractivity contribution in [3.8, 4) is 11.5 Å². The predicted octanol–water partition coefficient (Wildman–Crippen LogP) is 3.22. The molecular weight excluding hydrogens is 417 g/mol. The molecule has 0 unspecified atom stereocenters. The molecule has 8 heteroatoms. The molecule has 2 aliphatic heterocycles. The van der Waals surface area contributed by atoms with Crippen molar-refractivity contribution in [3.05, 3.63) is 64.5 Å². The van der Waals surface area contributed by atoms with Crippen molar-refractivity contribution >= 4 is 17.8 Å². The minimum atomic E-state index is -0.812. The fourth-order valence-electron chi connectivity index (χ4n) is 3.60. The summed E-state index contributed by atoms with van der Waals surface area (Å²) in [5.41, 5.74) is 0.891. The maximum atomic E-state index is 14.7. The van der Waals surface area contributed by atoms with Crippen molar-refractivity contribution in [3.63, 3.8) is 0 Å². The highest BCUT2D eigenvalue weighted by atomic mass is 19.1. The Morgan fingerprint density at radius 1 is 1.09 bits per heavy atom. The topological polar surface area (TPSA) is 74.3 Å². The first-order chi connectivity index (χ1) is 15.5. The van der Waals surface area contributed by atoms with Crippen molar-refractivity contribution in [2.45, 2.75) is 13.5 Å². The molecule has 0 aliphatic carbocycles. The average molecular weight is 441 g/mol. The molecule has 0 amide bonds. The van der Waals surface area contributed by atoms with Crippen molar-refractivity contribution < 1.29 is 32.9 Å². The second kappa shape index (κ2) is 9.93. The van der Waals surface area contributed by atoms with E-state index in [1.807, 2.05) is 0 Å². The zero-order valence-corrected chi connectivity index (χ0v) is 17.8. The highest BCUT2D eigenvalue weighted by Gasteiger charge is 2.25. The number of benzene rings is 2. The van der Waals surface area contributed by atoms with Crippen LogP contribution in [0.2, 0.25) is 0 Å². The lowest BCUT2D eigenvalue weighted by atomic mass is 9.98. The van der Waals surface area contributed by atoms with Gasteiger partial charge in [0.1, 0.15) is 11.4 Å². The first-order valence-electron chi connectivity index (χ1n) is 10.5. The largest absolute Gasteiger partial charge is 0.462 e. The normalized spacial score (nSPS) is 16.1. The Balaban J connectivity index is 1.64. The number of hydrogen-bond acceptors (Lipinski definition) is 7. The van der Waals surface area contributed by atoms with Gasteiger partial charge in [-0.3, -0.25) is 9.69 Å². The number of esters is 1. The fraction of sp³-hybridized carbons (Fsp3) is 0.333. The zero-order chi connectivity index (χ0) is 22.5. The van der Waals surface area contributed by atoms with Gasteiger partial charge < -0.3 is 18.9 Å². The second-order valence-electron chi connectivity index (χ2n) is 7.42. The Labute approximate surface area is 185 Å². The van der Waals surface area contributed by atoms with E-state index in [-0.39, 0.29) is 24.5 Å². The van der Waals surface area contributed by atoms with Gasteiger partial charge in [-0.05, 0) is 48.4 Å². The van der Waals surface area contributed by atoms with E-state index in [9.17, 15) is 14.0 Å². The summed E-state index contributed by atoms with van der Waals surface area (Å²) in [5.74, 6) is -1.15. The lowest BCUT2D eigenvalue weighted by Crippen LogP contribution is -2.35. The van der Waals surface area contributed by atoms with E-state index in [1.165, 1.54) is 18.2 Å². The zero-order valence-electron chi connectivity index (χ0n) is 17.8. The standard InChI is InChI=1S/C24H24FNO6/c1-2-30-24(28)19(11-16-4-6-21-22(13-16)32-15-31-21)23(27)18-12-17(3-5-20(18)25)14-26-7-9-29-10-8-26/h3-6,11-13H,2,7-10,14-15H2,1H3. The van der Waals surface area contributed by atoms with Crippen LogP contribution < -0.4 is 9.47 Å². The van der Waals surface area contributed by atoms with Crippen molar-refractivity contribution in [1.29, 1.82) is 0 Å². The summed E-state index contributed by atoms with van der Waals surface area (Å²) in [7, 11) is 0. The highest BCUT2D eigenvalue weighted by molar-refractivity contribution is 6.27. The summed E-state index contributed by atoms with van der Waals surface area (Å²) < 4.78 is 35.7. The number of Topliss-reactive ketones (excluding diaryl/α,β-unsaturated/α-hetero) is 1. The third-order valence-corrected chi connectivity index (χ3v) is 5.23. The van der Waals surface area contributed by atoms with Crippen LogP contribution in [-0.2, 0) is 20.8 Å². The molecule has 0 aromatic heterocycles. The third-order valence-electron chi connectivity index (χ3n) is 5.23. The molecule has 0 atom stereocenters. The van der Waals surface area contributed by atoms with Gasteiger partial charge in [0.15, 0.2) is 11.5 Å². The molecule has 168 valence electrons. The van der Waals surface area contributed by atoms with Gasteiger partial charge in [-0.25, -0.2) is 9.18 Å². The van der Waals surface area contributed by atoms with Crippen LogP contribution in [0.15, 0.2) is 42.0 Å². The molecular formula is C24H24FNO6. The number of rotatable bonds is 7. The number of carbonyl (C=O) groups excluding carboxylic acids is 2. The maximum absolute atomic E-state index is 14.7. The molecule has 0 N–H and O–H groups in total. The van der Waals surface area contributed by atoms with Crippen LogP contribution in [0.1, 0.15) is 28.4 Å². The molecule has 1 saturated heterocycles. The van der Waals surface area contributed by atoms with Crippen LogP contribution in [0.4, 0.5) is 4.39 Å². The second-order valence-corrected chi connectivity index (χ2v) is 7.42. The minimum Gasteiger partial charge on any atom is -0.462 e. The Bertz CT molecular complexity index is 1040. The highest BCUT2D eigenvalue weighted by Crippen LogP contribution is 2.33. The minimum absolute atomic E-state index is 0.0874. The van der Waals surface area contributed by atoms with E-state index in [4.69, 9.17) is 18.9 Å². The van der Waals surface area contributed by atoms with Crippen LogP contribution in [0.5, 0.6) is 11.5 Å². The van der Waals surface area contributed by atoms with Crippen LogP contribution in [-0.4, -0.2) is 56.4 Å². The Hall–Kier alpha value is -3.23. The van der Waals surface area contributed by atoms with Crippen LogP contribution >= 0.6 is 0 Å². The number of ether oxygens (including phenoxy) is 4. The summed E-state index contributed by atoms with van der Waals surface area (Å²) in [4.78, 5) is 28.0. The molecule has 0 radical (unpaired) electrons. The van der Waals surface area contributed by atoms with Gasteiger partial charge in [-0.1, -0.05) is 12.1 Å². The first kappa shape index (κ1) is 22.0. The van der Waals surface area contributed by atoms with Gasteiger partial charge in [-0.2, -0.15) is 0 Å². The molecule has 1 fully saturated rings. The molecule has 2 heterocycles. The number of halogens is 1. The Morgan fingerprint density at radius 2 is 1.88 bits per heavy atom. The van der Waals surface area contributed by atoms with E-state index < -0.39 is 17.6 Å². The van der Waals surface area contributed by atoms with Gasteiger partial charge in [0.2, 0.25) is 12.6 Å². The van der Waals surface area contributed by atoms with Crippen LogP contribution in [0, 0.1) is 5.82 Å². The average Bonchev–Trinajstić information content (AvgIpc) is 3.27. The smallest absolute Gasteiger partial charge is 0.342 e. The van der Waals surface area contributed by atoms with Gasteiger partial charge in [-0.15, -0.1) is 0 Å². The number of hydrogen-bond donors (Lipinski definition) is 0. The summed E-state index contributed by atoms with van der Waals surface area (Å²) in [6, 6.07) is 9.43. The SMILES string of the molecule is CCOC(=O)C(=Cc1ccc2c(c1)OCO2)C(=O)c1cc(CN2CCOCC2)ccc1F. The molecule has 7 nitrogen and oxygen atoms in total. The monoisotopic (exact) mass is 441 g/mol. The third kappa shape index (κ3) is 4.98. The number of morpholine rings is 1. The fourth-order valence-corrected chi connectivity index (χ4v) is 3.60. The summed E-state index contributed by atoms with van der Waals surface area (Å²) in [6.45, 7) is 5.19. The van der Waals surface area contributed by atoms with Gasteiger partial charge in [0.25, 0.3) is 0 Å². The van der Waals surface area contributed by atoms with Gasteiger partial charge >= 0.3 is 5.97 Å². The van der Waals surface area contributed by atoms with E-state index in [0.29, 0.717) is 36.8 Å². The Kier molecular flexibility index (Phi) is 6.82. The van der Waals surface area contributed by atoms with Crippen molar-refractivity contribution in [1.82, 2.24) is 4.90 Å². The number of carbonyl (C=O) groups is 2. The number of fused-ring (bicyclic) bond motifs is 1. The van der Waals surface area contributed by atoms with Crippen molar-refractivity contribution in [2.75, 3.05) is 39.7 Å².